The fourth-order valence-electron chi connectivity index (χ4n) is 1.86. The fourth-order valence-corrected chi connectivity index (χ4v) is 2.67. The molecule has 0 aliphatic carbocycles. The first-order valence-corrected chi connectivity index (χ1v) is 7.09. The lowest BCUT2D eigenvalue weighted by Crippen LogP contribution is -2.11. The molecule has 20 heavy (non-hydrogen) atoms. The zero-order valence-electron chi connectivity index (χ0n) is 11.6. The molecule has 106 valence electrons. The van der Waals surface area contributed by atoms with E-state index in [0.29, 0.717) is 5.69 Å². The van der Waals surface area contributed by atoms with Gasteiger partial charge in [-0.05, 0) is 38.1 Å². The van der Waals surface area contributed by atoms with E-state index in [1.807, 2.05) is 36.7 Å². The molecular formula is C14H17N3O2S. The van der Waals surface area contributed by atoms with Crippen LogP contribution < -0.4 is 10.6 Å². The SMILES string of the molecule is COC(=O)Nc1ccc(NC(C)c2scnc2C)cc1. The number of aromatic nitrogens is 1. The topological polar surface area (TPSA) is 63.2 Å². The number of hydrogen-bond acceptors (Lipinski definition) is 5. The number of nitrogens with zero attached hydrogens (tertiary/aromatic N) is 1. The van der Waals surface area contributed by atoms with Crippen LogP contribution in [0.2, 0.25) is 0 Å². The summed E-state index contributed by atoms with van der Waals surface area (Å²) >= 11 is 1.64. The highest BCUT2D eigenvalue weighted by Crippen LogP contribution is 2.25. The van der Waals surface area contributed by atoms with Crippen LogP contribution in [-0.2, 0) is 4.74 Å². The van der Waals surface area contributed by atoms with Crippen molar-refractivity contribution < 1.29 is 9.53 Å². The third-order valence-electron chi connectivity index (χ3n) is 2.88. The Balaban J connectivity index is 2.00. The van der Waals surface area contributed by atoms with Gasteiger partial charge in [0.1, 0.15) is 0 Å². The second-order valence-electron chi connectivity index (χ2n) is 4.36. The molecule has 6 heteroatoms. The largest absolute Gasteiger partial charge is 0.453 e. The van der Waals surface area contributed by atoms with Crippen LogP contribution in [0.25, 0.3) is 0 Å². The molecule has 5 nitrogen and oxygen atoms in total. The van der Waals surface area contributed by atoms with Crippen LogP contribution in [0.1, 0.15) is 23.5 Å². The smallest absolute Gasteiger partial charge is 0.411 e. The second-order valence-corrected chi connectivity index (χ2v) is 5.25. The minimum atomic E-state index is -0.473. The molecular weight excluding hydrogens is 274 g/mol. The Kier molecular flexibility index (Phi) is 4.57. The maximum absolute atomic E-state index is 11.1. The molecule has 0 saturated heterocycles. The maximum atomic E-state index is 11.1. The van der Waals surface area contributed by atoms with Crippen molar-refractivity contribution in [1.82, 2.24) is 4.98 Å². The minimum absolute atomic E-state index is 0.196. The number of methoxy groups -OCH3 is 1. The molecule has 0 aliphatic heterocycles. The molecule has 0 fully saturated rings. The summed E-state index contributed by atoms with van der Waals surface area (Å²) in [7, 11) is 1.34. The summed E-state index contributed by atoms with van der Waals surface area (Å²) in [5, 5.41) is 6.02. The highest BCUT2D eigenvalue weighted by atomic mass is 32.1. The first-order chi connectivity index (χ1) is 9.60. The first kappa shape index (κ1) is 14.3. The summed E-state index contributed by atoms with van der Waals surface area (Å²) in [6, 6.07) is 7.68. The van der Waals surface area contributed by atoms with Gasteiger partial charge >= 0.3 is 6.09 Å². The number of ether oxygens (including phenoxy) is 1. The normalized spacial score (nSPS) is 11.8. The van der Waals surface area contributed by atoms with Gasteiger partial charge in [0, 0.05) is 16.3 Å². The molecule has 0 spiro atoms. The average molecular weight is 291 g/mol. The molecule has 1 heterocycles. The monoisotopic (exact) mass is 291 g/mol. The molecule has 0 radical (unpaired) electrons. The van der Waals surface area contributed by atoms with Crippen LogP contribution >= 0.6 is 11.3 Å². The van der Waals surface area contributed by atoms with E-state index in [1.165, 1.54) is 12.0 Å². The number of carbonyl (C=O) groups excluding carboxylic acids is 1. The van der Waals surface area contributed by atoms with Gasteiger partial charge in [0.25, 0.3) is 0 Å². The Morgan fingerprint density at radius 1 is 1.30 bits per heavy atom. The fraction of sp³-hybridized carbons (Fsp3) is 0.286. The highest BCUT2D eigenvalue weighted by molar-refractivity contribution is 7.09. The van der Waals surface area contributed by atoms with Gasteiger partial charge in [-0.2, -0.15) is 0 Å². The molecule has 0 aliphatic rings. The predicted molar refractivity (Wildman–Crippen MR) is 81.4 cm³/mol. The number of carbonyl (C=O) groups is 1. The first-order valence-electron chi connectivity index (χ1n) is 6.21. The molecule has 0 saturated carbocycles. The van der Waals surface area contributed by atoms with E-state index in [2.05, 4.69) is 27.3 Å². The van der Waals surface area contributed by atoms with Crippen molar-refractivity contribution in [2.45, 2.75) is 19.9 Å². The summed E-state index contributed by atoms with van der Waals surface area (Å²) in [5.41, 5.74) is 4.59. The Bertz CT molecular complexity index is 580. The molecule has 2 aromatic rings. The van der Waals surface area contributed by atoms with Crippen LogP contribution in [0.15, 0.2) is 29.8 Å². The zero-order valence-corrected chi connectivity index (χ0v) is 12.5. The van der Waals surface area contributed by atoms with E-state index >= 15 is 0 Å². The van der Waals surface area contributed by atoms with Gasteiger partial charge in [-0.1, -0.05) is 0 Å². The van der Waals surface area contributed by atoms with Gasteiger partial charge in [-0.3, -0.25) is 5.32 Å². The van der Waals surface area contributed by atoms with Gasteiger partial charge < -0.3 is 10.1 Å². The Labute approximate surface area is 122 Å². The van der Waals surface area contributed by atoms with Crippen molar-refractivity contribution in [2.75, 3.05) is 17.7 Å². The summed E-state index contributed by atoms with van der Waals surface area (Å²) in [6.45, 7) is 4.11. The third kappa shape index (κ3) is 3.48. The van der Waals surface area contributed by atoms with E-state index in [0.717, 1.165) is 11.4 Å². The van der Waals surface area contributed by atoms with E-state index in [1.54, 1.807) is 11.3 Å². The number of thiazole rings is 1. The van der Waals surface area contributed by atoms with Crippen LogP contribution in [0, 0.1) is 6.92 Å². The van der Waals surface area contributed by atoms with Gasteiger partial charge in [-0.15, -0.1) is 11.3 Å². The minimum Gasteiger partial charge on any atom is -0.453 e. The van der Waals surface area contributed by atoms with Crippen LogP contribution in [0.5, 0.6) is 0 Å². The predicted octanol–water partition coefficient (Wildman–Crippen LogP) is 3.80. The van der Waals surface area contributed by atoms with Gasteiger partial charge in [-0.25, -0.2) is 9.78 Å². The number of nitrogens with one attached hydrogen (secondary N) is 2. The number of rotatable bonds is 4. The summed E-state index contributed by atoms with van der Waals surface area (Å²) < 4.78 is 4.54. The lowest BCUT2D eigenvalue weighted by molar-refractivity contribution is 0.187. The Morgan fingerprint density at radius 2 is 1.95 bits per heavy atom. The third-order valence-corrected chi connectivity index (χ3v) is 3.99. The van der Waals surface area contributed by atoms with Crippen molar-refractivity contribution in [1.29, 1.82) is 0 Å². The second kappa shape index (κ2) is 6.38. The number of aryl methyl sites for hydroxylation is 1. The van der Waals surface area contributed by atoms with Gasteiger partial charge in [0.05, 0.1) is 24.4 Å². The quantitative estimate of drug-likeness (QED) is 0.899. The summed E-state index contributed by atoms with van der Waals surface area (Å²) in [4.78, 5) is 16.6. The van der Waals surface area contributed by atoms with Crippen LogP contribution in [0.4, 0.5) is 16.2 Å². The van der Waals surface area contributed by atoms with Crippen molar-refractivity contribution >= 4 is 28.8 Å². The lowest BCUT2D eigenvalue weighted by Gasteiger charge is -2.14. The Hall–Kier alpha value is -2.08. The molecule has 1 atom stereocenters. The summed E-state index contributed by atoms with van der Waals surface area (Å²) in [6.07, 6.45) is -0.473. The van der Waals surface area contributed by atoms with E-state index in [-0.39, 0.29) is 6.04 Å². The molecule has 1 aromatic carbocycles. The van der Waals surface area contributed by atoms with Gasteiger partial charge in [0.2, 0.25) is 0 Å². The van der Waals surface area contributed by atoms with E-state index < -0.39 is 6.09 Å². The average Bonchev–Trinajstić information content (AvgIpc) is 2.87. The van der Waals surface area contributed by atoms with Crippen LogP contribution in [0.3, 0.4) is 0 Å². The number of amides is 1. The lowest BCUT2D eigenvalue weighted by atomic mass is 10.2. The molecule has 1 unspecified atom stereocenters. The van der Waals surface area contributed by atoms with Crippen molar-refractivity contribution in [3.05, 3.63) is 40.3 Å². The van der Waals surface area contributed by atoms with Crippen molar-refractivity contribution in [3.63, 3.8) is 0 Å². The molecule has 0 bridgehead atoms. The number of anilines is 2. The van der Waals surface area contributed by atoms with Gasteiger partial charge in [0.15, 0.2) is 0 Å². The van der Waals surface area contributed by atoms with E-state index in [4.69, 9.17) is 0 Å². The summed E-state index contributed by atoms with van der Waals surface area (Å²) in [5.74, 6) is 0. The molecule has 1 aromatic heterocycles. The van der Waals surface area contributed by atoms with Crippen LogP contribution in [-0.4, -0.2) is 18.2 Å². The van der Waals surface area contributed by atoms with E-state index in [9.17, 15) is 4.79 Å². The standard InChI is InChI=1S/C14H17N3O2S/c1-9-13(20-8-15-9)10(2)16-11-4-6-12(7-5-11)17-14(18)19-3/h4-8,10,16H,1-3H3,(H,17,18). The zero-order chi connectivity index (χ0) is 14.5. The Morgan fingerprint density at radius 3 is 2.50 bits per heavy atom. The maximum Gasteiger partial charge on any atom is 0.411 e. The highest BCUT2D eigenvalue weighted by Gasteiger charge is 2.10. The molecule has 1 amide bonds. The van der Waals surface area contributed by atoms with Crippen molar-refractivity contribution in [3.8, 4) is 0 Å². The molecule has 2 N–H and O–H groups in total. The van der Waals surface area contributed by atoms with Crippen molar-refractivity contribution in [2.24, 2.45) is 0 Å². The molecule has 2 rings (SSSR count). The number of benzene rings is 1. The number of hydrogen-bond donors (Lipinski definition) is 2.